The molecule has 0 aromatic carbocycles. The molecule has 2 aromatic rings. The molecule has 0 saturated carbocycles. The Morgan fingerprint density at radius 2 is 2.05 bits per heavy atom. The largest absolute Gasteiger partial charge is 0.367 e. The second-order valence-corrected chi connectivity index (χ2v) is 5.54. The topological polar surface area (TPSA) is 105 Å². The van der Waals surface area contributed by atoms with Gasteiger partial charge in [0.1, 0.15) is 5.82 Å². The Labute approximate surface area is 118 Å². The highest BCUT2D eigenvalue weighted by Crippen LogP contribution is 2.21. The zero-order chi connectivity index (χ0) is 14.5. The van der Waals surface area contributed by atoms with Gasteiger partial charge in [0, 0.05) is 6.04 Å². The van der Waals surface area contributed by atoms with E-state index in [0.717, 1.165) is 23.5 Å². The van der Waals surface area contributed by atoms with Crippen LogP contribution in [-0.4, -0.2) is 26.2 Å². The minimum atomic E-state index is 0.340. The summed E-state index contributed by atoms with van der Waals surface area (Å²) < 4.78 is 0. The normalized spacial score (nSPS) is 12.8. The molecule has 7 nitrogen and oxygen atoms in total. The number of nitrogens with zero attached hydrogens (tertiary/aromatic N) is 3. The molecule has 0 aliphatic rings. The number of nitrogens with one attached hydrogen (secondary N) is 3. The van der Waals surface area contributed by atoms with Crippen molar-refractivity contribution in [2.45, 2.75) is 46.1 Å². The Morgan fingerprint density at radius 1 is 1.25 bits per heavy atom. The first-order valence-corrected chi connectivity index (χ1v) is 7.04. The highest BCUT2D eigenvalue weighted by Gasteiger charge is 2.11. The molecule has 1 atom stereocenters. The molecule has 2 rings (SSSR count). The molecule has 1 unspecified atom stereocenters. The quantitative estimate of drug-likeness (QED) is 0.457. The van der Waals surface area contributed by atoms with Gasteiger partial charge in [0.2, 0.25) is 5.95 Å². The molecule has 0 aliphatic heterocycles. The highest BCUT2D eigenvalue weighted by molar-refractivity contribution is 5.87. The first kappa shape index (κ1) is 14.5. The van der Waals surface area contributed by atoms with Crippen LogP contribution in [0, 0.1) is 5.92 Å². The van der Waals surface area contributed by atoms with Crippen molar-refractivity contribution in [3.8, 4) is 0 Å². The van der Waals surface area contributed by atoms with Crippen LogP contribution in [0.2, 0.25) is 0 Å². The molecule has 110 valence electrons. The number of H-pyrrole nitrogens is 1. The summed E-state index contributed by atoms with van der Waals surface area (Å²) in [5, 5.41) is 11.1. The molecular weight excluding hydrogens is 254 g/mol. The third-order valence-corrected chi connectivity index (χ3v) is 3.24. The SMILES string of the molecule is CC(C)CCCC(C)Nc1nc(NN)nc2[nH]ncc12. The molecule has 0 saturated heterocycles. The van der Waals surface area contributed by atoms with E-state index in [-0.39, 0.29) is 0 Å². The molecule has 5 N–H and O–H groups in total. The summed E-state index contributed by atoms with van der Waals surface area (Å²) in [6.45, 7) is 6.65. The van der Waals surface area contributed by atoms with E-state index in [0.29, 0.717) is 17.6 Å². The summed E-state index contributed by atoms with van der Waals surface area (Å²) in [6.07, 6.45) is 5.27. The van der Waals surface area contributed by atoms with Gasteiger partial charge in [-0.15, -0.1) is 0 Å². The lowest BCUT2D eigenvalue weighted by Crippen LogP contribution is -2.18. The molecule has 0 spiro atoms. The molecule has 0 aliphatic carbocycles. The number of rotatable bonds is 7. The number of aromatic amines is 1. The number of hydrogen-bond donors (Lipinski definition) is 4. The highest BCUT2D eigenvalue weighted by atomic mass is 15.3. The van der Waals surface area contributed by atoms with Crippen LogP contribution in [0.15, 0.2) is 6.20 Å². The van der Waals surface area contributed by atoms with Crippen LogP contribution >= 0.6 is 0 Å². The van der Waals surface area contributed by atoms with Gasteiger partial charge < -0.3 is 5.32 Å². The summed E-state index contributed by atoms with van der Waals surface area (Å²) in [5.41, 5.74) is 3.14. The van der Waals surface area contributed by atoms with Gasteiger partial charge >= 0.3 is 0 Å². The van der Waals surface area contributed by atoms with E-state index in [9.17, 15) is 0 Å². The van der Waals surface area contributed by atoms with Gasteiger partial charge in [0.25, 0.3) is 0 Å². The zero-order valence-corrected chi connectivity index (χ0v) is 12.3. The Morgan fingerprint density at radius 3 is 2.75 bits per heavy atom. The first-order valence-electron chi connectivity index (χ1n) is 7.04. The van der Waals surface area contributed by atoms with Crippen molar-refractivity contribution in [2.24, 2.45) is 11.8 Å². The van der Waals surface area contributed by atoms with E-state index in [1.807, 2.05) is 0 Å². The van der Waals surface area contributed by atoms with Crippen molar-refractivity contribution in [1.29, 1.82) is 0 Å². The lowest BCUT2D eigenvalue weighted by molar-refractivity contribution is 0.520. The number of hydrogen-bond acceptors (Lipinski definition) is 6. The summed E-state index contributed by atoms with van der Waals surface area (Å²) in [7, 11) is 0. The van der Waals surface area contributed by atoms with Crippen molar-refractivity contribution >= 4 is 22.8 Å². The molecular formula is C13H23N7. The summed E-state index contributed by atoms with van der Waals surface area (Å²) in [4.78, 5) is 8.56. The first-order chi connectivity index (χ1) is 9.60. The van der Waals surface area contributed by atoms with E-state index >= 15 is 0 Å². The fraction of sp³-hybridized carbons (Fsp3) is 0.615. The van der Waals surface area contributed by atoms with Gasteiger partial charge in [-0.3, -0.25) is 10.5 Å². The Kier molecular flexibility index (Phi) is 4.73. The van der Waals surface area contributed by atoms with Crippen molar-refractivity contribution in [3.05, 3.63) is 6.20 Å². The number of aromatic nitrogens is 4. The number of nitrogen functional groups attached to an aromatic ring is 1. The predicted octanol–water partition coefficient (Wildman–Crippen LogP) is 2.27. The van der Waals surface area contributed by atoms with Gasteiger partial charge in [0.05, 0.1) is 11.6 Å². The van der Waals surface area contributed by atoms with Crippen LogP contribution in [0.3, 0.4) is 0 Å². The maximum absolute atomic E-state index is 5.39. The second kappa shape index (κ2) is 6.51. The van der Waals surface area contributed by atoms with Crippen molar-refractivity contribution in [2.75, 3.05) is 10.7 Å². The van der Waals surface area contributed by atoms with Gasteiger partial charge in [-0.1, -0.05) is 26.7 Å². The van der Waals surface area contributed by atoms with Crippen LogP contribution in [0.4, 0.5) is 11.8 Å². The predicted molar refractivity (Wildman–Crippen MR) is 81.3 cm³/mol. The molecule has 0 fully saturated rings. The number of hydrazine groups is 1. The maximum atomic E-state index is 5.39. The van der Waals surface area contributed by atoms with E-state index < -0.39 is 0 Å². The summed E-state index contributed by atoms with van der Waals surface area (Å²) >= 11 is 0. The smallest absolute Gasteiger partial charge is 0.241 e. The fourth-order valence-electron chi connectivity index (χ4n) is 2.15. The molecule has 0 bridgehead atoms. The number of fused-ring (bicyclic) bond motifs is 1. The Hall–Kier alpha value is -1.89. The Balaban J connectivity index is 2.06. The van der Waals surface area contributed by atoms with Gasteiger partial charge in [-0.25, -0.2) is 5.84 Å². The molecule has 20 heavy (non-hydrogen) atoms. The van der Waals surface area contributed by atoms with Crippen LogP contribution in [0.5, 0.6) is 0 Å². The molecule has 2 heterocycles. The minimum absolute atomic E-state index is 0.340. The van der Waals surface area contributed by atoms with Crippen LogP contribution < -0.4 is 16.6 Å². The van der Waals surface area contributed by atoms with Crippen LogP contribution in [-0.2, 0) is 0 Å². The summed E-state index contributed by atoms with van der Waals surface area (Å²) in [6, 6.07) is 0.340. The Bertz CT molecular complexity index is 549. The number of nitrogens with two attached hydrogens (primary N) is 1. The van der Waals surface area contributed by atoms with Crippen molar-refractivity contribution in [1.82, 2.24) is 20.2 Å². The lowest BCUT2D eigenvalue weighted by atomic mass is 10.0. The van der Waals surface area contributed by atoms with E-state index in [1.165, 1.54) is 12.8 Å². The van der Waals surface area contributed by atoms with Gasteiger partial charge in [0.15, 0.2) is 5.65 Å². The van der Waals surface area contributed by atoms with Crippen LogP contribution in [0.25, 0.3) is 11.0 Å². The van der Waals surface area contributed by atoms with Gasteiger partial charge in [-0.2, -0.15) is 15.1 Å². The molecule has 2 aromatic heterocycles. The average molecular weight is 277 g/mol. The monoisotopic (exact) mass is 277 g/mol. The zero-order valence-electron chi connectivity index (χ0n) is 12.3. The average Bonchev–Trinajstić information content (AvgIpc) is 2.86. The van der Waals surface area contributed by atoms with Gasteiger partial charge in [-0.05, 0) is 19.3 Å². The minimum Gasteiger partial charge on any atom is -0.367 e. The second-order valence-electron chi connectivity index (χ2n) is 5.54. The third-order valence-electron chi connectivity index (χ3n) is 3.24. The molecule has 0 amide bonds. The molecule has 0 radical (unpaired) electrons. The molecule has 7 heteroatoms. The van der Waals surface area contributed by atoms with Crippen molar-refractivity contribution in [3.63, 3.8) is 0 Å². The third kappa shape index (κ3) is 3.57. The van der Waals surface area contributed by atoms with Crippen LogP contribution in [0.1, 0.15) is 40.0 Å². The van der Waals surface area contributed by atoms with E-state index in [1.54, 1.807) is 6.20 Å². The van der Waals surface area contributed by atoms with Crippen molar-refractivity contribution < 1.29 is 0 Å². The fourth-order valence-corrected chi connectivity index (χ4v) is 2.15. The standard InChI is InChI=1S/C13H23N7/c1-8(2)5-4-6-9(3)16-11-10-7-15-20-12(10)18-13(17-11)19-14/h7-9H,4-6,14H2,1-3H3,(H3,15,16,17,18,19,20). The van der Waals surface area contributed by atoms with E-state index in [4.69, 9.17) is 5.84 Å². The summed E-state index contributed by atoms with van der Waals surface area (Å²) in [5.74, 6) is 7.26. The number of anilines is 2. The van der Waals surface area contributed by atoms with E-state index in [2.05, 4.69) is 51.7 Å². The lowest BCUT2D eigenvalue weighted by Gasteiger charge is -2.16. The maximum Gasteiger partial charge on any atom is 0.241 e.